The number of carbonyl (C=O) groups excluding carboxylic acids is 4. The van der Waals surface area contributed by atoms with Crippen molar-refractivity contribution in [3.05, 3.63) is 143 Å². The molecule has 0 aliphatic heterocycles. The number of esters is 4. The van der Waals surface area contributed by atoms with Gasteiger partial charge in [0.2, 0.25) is 16.9 Å². The molecule has 0 spiro atoms. The molecule has 0 aliphatic rings. The lowest BCUT2D eigenvalue weighted by molar-refractivity contribution is -0.288. The molecule has 384 valence electrons. The highest BCUT2D eigenvalue weighted by Gasteiger charge is 2.73. The summed E-state index contributed by atoms with van der Waals surface area (Å²) >= 11 is 0. The molecule has 4 aromatic rings. The minimum Gasteiger partial charge on any atom is -0.494 e. The average molecular weight is 1010 g/mol. The van der Waals surface area contributed by atoms with Crippen molar-refractivity contribution in [2.45, 2.75) is 95.8 Å². The Bertz CT molecular complexity index is 2440. The van der Waals surface area contributed by atoms with Gasteiger partial charge in [-0.1, -0.05) is 25.3 Å². The number of hydrogen-bond acceptors (Lipinski definition) is 10. The molecule has 0 amide bonds. The predicted molar refractivity (Wildman–Crippen MR) is 237 cm³/mol. The Morgan fingerprint density at radius 3 is 1.25 bits per heavy atom. The first-order valence-electron chi connectivity index (χ1n) is 22.1. The molecular formula is C51H50F10O10. The number of ether oxygens (including phenoxy) is 6. The summed E-state index contributed by atoms with van der Waals surface area (Å²) < 4.78 is 181. The number of unbranched alkanes of at least 4 members (excludes halogenated alkanes) is 6. The van der Waals surface area contributed by atoms with E-state index in [0.29, 0.717) is 49.2 Å². The highest BCUT2D eigenvalue weighted by Crippen LogP contribution is 2.57. The van der Waals surface area contributed by atoms with Gasteiger partial charge in [0.1, 0.15) is 11.5 Å². The number of aryl methyl sites for hydroxylation is 1. The van der Waals surface area contributed by atoms with Crippen molar-refractivity contribution in [2.75, 3.05) is 26.4 Å². The maximum Gasteiger partial charge on any atom is 0.411 e. The monoisotopic (exact) mass is 1010 g/mol. The van der Waals surface area contributed by atoms with Crippen LogP contribution in [0.1, 0.15) is 98.7 Å². The molecule has 0 heterocycles. The van der Waals surface area contributed by atoms with E-state index in [9.17, 15) is 45.5 Å². The number of benzene rings is 4. The molecule has 0 aromatic heterocycles. The topological polar surface area (TPSA) is 124 Å². The molecule has 0 unspecified atom stereocenters. The van der Waals surface area contributed by atoms with Crippen molar-refractivity contribution in [3.8, 4) is 23.0 Å². The zero-order valence-corrected chi connectivity index (χ0v) is 38.6. The van der Waals surface area contributed by atoms with E-state index >= 15 is 17.6 Å². The Morgan fingerprint density at radius 1 is 0.507 bits per heavy atom. The predicted octanol–water partition coefficient (Wildman–Crippen LogP) is 12.5. The van der Waals surface area contributed by atoms with Gasteiger partial charge < -0.3 is 28.4 Å². The number of rotatable bonds is 26. The van der Waals surface area contributed by atoms with Crippen molar-refractivity contribution in [1.29, 1.82) is 0 Å². The largest absolute Gasteiger partial charge is 0.494 e. The van der Waals surface area contributed by atoms with Gasteiger partial charge in [0.15, 0.2) is 23.3 Å². The number of carbonyl (C=O) groups is 4. The van der Waals surface area contributed by atoms with Crippen molar-refractivity contribution in [1.82, 2.24) is 0 Å². The van der Waals surface area contributed by atoms with Crippen molar-refractivity contribution in [2.24, 2.45) is 0 Å². The van der Waals surface area contributed by atoms with Gasteiger partial charge in [-0.2, -0.15) is 26.3 Å². The number of hydrogen-bond donors (Lipinski definition) is 0. The molecule has 71 heavy (non-hydrogen) atoms. The maximum atomic E-state index is 15.4. The standard InChI is InChI=1S/C51H50F10O10/c1-31(2)46(63)68-25-11-7-5-9-23-66-37-18-13-33(14-19-37)15-22-43(62)70-44-39(52)27-35(28-40(44)53)49(50(56,57)58,51(59,60)61)36-29-41(54)45(42(55)30-36)71-48(65)34-16-20-38(21-17-34)67-24-10-6-8-12-26-69-47(64)32(3)4/h13-14,16-21,27-30H,1,3,5-12,15,22-26H2,2,4H3. The van der Waals surface area contributed by atoms with Crippen LogP contribution >= 0.6 is 0 Å². The molecule has 4 aromatic carbocycles. The fourth-order valence-electron chi connectivity index (χ4n) is 6.80. The van der Waals surface area contributed by atoms with Gasteiger partial charge >= 0.3 is 36.2 Å². The van der Waals surface area contributed by atoms with E-state index in [-0.39, 0.29) is 43.1 Å². The fraction of sp³-hybridized carbons (Fsp3) is 0.373. The maximum absolute atomic E-state index is 15.4. The zero-order chi connectivity index (χ0) is 52.5. The smallest absolute Gasteiger partial charge is 0.411 e. The first-order valence-corrected chi connectivity index (χ1v) is 22.1. The summed E-state index contributed by atoms with van der Waals surface area (Å²) in [5, 5.41) is 0. The molecule has 10 nitrogen and oxygen atoms in total. The minimum atomic E-state index is -6.59. The van der Waals surface area contributed by atoms with Crippen molar-refractivity contribution < 1.29 is 91.5 Å². The lowest BCUT2D eigenvalue weighted by Crippen LogP contribution is -2.55. The summed E-state index contributed by atoms with van der Waals surface area (Å²) in [7, 11) is 0. The summed E-state index contributed by atoms with van der Waals surface area (Å²) in [6.45, 7) is 11.2. The molecule has 4 rings (SSSR count). The summed E-state index contributed by atoms with van der Waals surface area (Å²) in [6, 6.07) is 9.40. The fourth-order valence-corrected chi connectivity index (χ4v) is 6.80. The minimum absolute atomic E-state index is 0.0761. The van der Waals surface area contributed by atoms with Crippen LogP contribution in [0.5, 0.6) is 23.0 Å². The molecule has 0 saturated heterocycles. The van der Waals surface area contributed by atoms with Crippen LogP contribution < -0.4 is 18.9 Å². The SMILES string of the molecule is C=C(C)C(=O)OCCCCCCOc1ccc(CCC(=O)Oc2c(F)cc(C(c3cc(F)c(OC(=O)c4ccc(OCCCCCCOC(=O)C(=C)C)cc4)c(F)c3)(C(F)(F)F)C(F)(F)F)cc2F)cc1. The first kappa shape index (κ1) is 56.7. The quantitative estimate of drug-likeness (QED) is 0.0197. The number of halogens is 10. The third kappa shape index (κ3) is 15.8. The Labute approximate surface area is 402 Å². The van der Waals surface area contributed by atoms with Crippen LogP contribution in [0.3, 0.4) is 0 Å². The van der Waals surface area contributed by atoms with Gasteiger partial charge in [-0.05, 0) is 149 Å². The molecule has 0 N–H and O–H groups in total. The molecule has 0 fully saturated rings. The Morgan fingerprint density at radius 2 is 0.873 bits per heavy atom. The van der Waals surface area contributed by atoms with Crippen LogP contribution in [0.4, 0.5) is 43.9 Å². The van der Waals surface area contributed by atoms with Gasteiger partial charge in [0.25, 0.3) is 0 Å². The highest BCUT2D eigenvalue weighted by molar-refractivity contribution is 5.91. The van der Waals surface area contributed by atoms with E-state index in [1.807, 2.05) is 0 Å². The zero-order valence-electron chi connectivity index (χ0n) is 38.6. The third-order valence-electron chi connectivity index (χ3n) is 10.5. The second-order valence-corrected chi connectivity index (χ2v) is 16.2. The number of alkyl halides is 6. The van der Waals surface area contributed by atoms with Gasteiger partial charge in [-0.3, -0.25) is 4.79 Å². The second-order valence-electron chi connectivity index (χ2n) is 16.2. The summed E-state index contributed by atoms with van der Waals surface area (Å²) in [5.41, 5.74) is -9.18. The molecule has 0 atom stereocenters. The lowest BCUT2D eigenvalue weighted by atomic mass is 9.72. The first-order chi connectivity index (χ1) is 33.5. The van der Waals surface area contributed by atoms with Crippen LogP contribution in [0.2, 0.25) is 0 Å². The average Bonchev–Trinajstić information content (AvgIpc) is 3.29. The molecule has 0 radical (unpaired) electrons. The van der Waals surface area contributed by atoms with Crippen LogP contribution in [0.25, 0.3) is 0 Å². The second kappa shape index (κ2) is 25.8. The van der Waals surface area contributed by atoms with E-state index in [1.165, 1.54) is 19.1 Å². The Kier molecular flexibility index (Phi) is 20.6. The van der Waals surface area contributed by atoms with E-state index in [0.717, 1.165) is 37.8 Å². The molecule has 0 aliphatic carbocycles. The van der Waals surface area contributed by atoms with Crippen LogP contribution in [0.15, 0.2) is 97.1 Å². The lowest BCUT2D eigenvalue weighted by Gasteiger charge is -2.38. The van der Waals surface area contributed by atoms with Crippen LogP contribution in [-0.4, -0.2) is 62.7 Å². The van der Waals surface area contributed by atoms with Gasteiger partial charge in [-0.25, -0.2) is 31.9 Å². The van der Waals surface area contributed by atoms with Crippen molar-refractivity contribution >= 4 is 23.9 Å². The highest BCUT2D eigenvalue weighted by atomic mass is 19.4. The molecule has 20 heteroatoms. The van der Waals surface area contributed by atoms with Crippen LogP contribution in [0, 0.1) is 23.3 Å². The Hall–Kier alpha value is -6.86. The van der Waals surface area contributed by atoms with Gasteiger partial charge in [0.05, 0.1) is 32.0 Å². The molecule has 0 saturated carbocycles. The van der Waals surface area contributed by atoms with E-state index in [4.69, 9.17) is 18.9 Å². The summed E-state index contributed by atoms with van der Waals surface area (Å²) in [5.74, 6) is -15.1. The summed E-state index contributed by atoms with van der Waals surface area (Å²) in [4.78, 5) is 48.2. The van der Waals surface area contributed by atoms with E-state index < -0.39 is 118 Å². The Balaban J connectivity index is 1.38. The van der Waals surface area contributed by atoms with Crippen LogP contribution in [-0.2, 0) is 35.7 Å². The van der Waals surface area contributed by atoms with E-state index in [1.54, 1.807) is 31.2 Å². The summed E-state index contributed by atoms with van der Waals surface area (Å²) in [6.07, 6.45) is -8.19. The van der Waals surface area contributed by atoms with Crippen molar-refractivity contribution in [3.63, 3.8) is 0 Å². The van der Waals surface area contributed by atoms with E-state index in [2.05, 4.69) is 22.6 Å². The molecular weight excluding hydrogens is 963 g/mol. The normalized spacial score (nSPS) is 11.7. The molecule has 0 bridgehead atoms. The van der Waals surface area contributed by atoms with Gasteiger partial charge in [0, 0.05) is 17.6 Å². The van der Waals surface area contributed by atoms with Gasteiger partial charge in [-0.15, -0.1) is 0 Å². The third-order valence-corrected chi connectivity index (χ3v) is 10.5.